The highest BCUT2D eigenvalue weighted by Gasteiger charge is 2.10. The Hall–Kier alpha value is -1.74. The van der Waals surface area contributed by atoms with E-state index in [1.807, 2.05) is 13.0 Å². The summed E-state index contributed by atoms with van der Waals surface area (Å²) in [7, 11) is 0. The van der Waals surface area contributed by atoms with Crippen LogP contribution < -0.4 is 5.32 Å². The summed E-state index contributed by atoms with van der Waals surface area (Å²) < 4.78 is 4.99. The Morgan fingerprint density at radius 1 is 1.38 bits per heavy atom. The summed E-state index contributed by atoms with van der Waals surface area (Å²) in [6.45, 7) is 1.90. The molecule has 1 aromatic carbocycles. The fraction of sp³-hybridized carbons (Fsp3) is 0.0833. The van der Waals surface area contributed by atoms with Crippen LogP contribution in [0.4, 0.5) is 5.69 Å². The molecule has 0 bridgehead atoms. The lowest BCUT2D eigenvalue weighted by Gasteiger charge is -2.07. The number of rotatable bonds is 2. The number of benzene rings is 1. The standard InChI is InChI=1S/C12H10ClNO2/c1-8-4-5-9(13)7-10(8)14-12(15)11-3-2-6-16-11/h2-7H,1H3,(H,14,15). The zero-order valence-corrected chi connectivity index (χ0v) is 9.41. The van der Waals surface area contributed by atoms with Gasteiger partial charge in [0.05, 0.1) is 6.26 Å². The van der Waals surface area contributed by atoms with Gasteiger partial charge in [0.2, 0.25) is 0 Å². The Kier molecular flexibility index (Phi) is 2.97. The van der Waals surface area contributed by atoms with E-state index >= 15 is 0 Å². The molecule has 1 amide bonds. The summed E-state index contributed by atoms with van der Waals surface area (Å²) in [6.07, 6.45) is 1.46. The second-order valence-corrected chi connectivity index (χ2v) is 3.83. The highest BCUT2D eigenvalue weighted by atomic mass is 35.5. The van der Waals surface area contributed by atoms with E-state index in [2.05, 4.69) is 5.32 Å². The van der Waals surface area contributed by atoms with Gasteiger partial charge in [-0.1, -0.05) is 17.7 Å². The lowest BCUT2D eigenvalue weighted by Crippen LogP contribution is -2.11. The van der Waals surface area contributed by atoms with Crippen LogP contribution in [0.15, 0.2) is 41.0 Å². The Morgan fingerprint density at radius 3 is 2.88 bits per heavy atom. The molecule has 0 spiro atoms. The SMILES string of the molecule is Cc1ccc(Cl)cc1NC(=O)c1ccco1. The summed E-state index contributed by atoms with van der Waals surface area (Å²) >= 11 is 5.85. The van der Waals surface area contributed by atoms with Crippen molar-refractivity contribution in [3.8, 4) is 0 Å². The third-order valence-electron chi connectivity index (χ3n) is 2.19. The number of carbonyl (C=O) groups excluding carboxylic acids is 1. The fourth-order valence-electron chi connectivity index (χ4n) is 1.32. The van der Waals surface area contributed by atoms with Crippen molar-refractivity contribution in [2.45, 2.75) is 6.92 Å². The minimum atomic E-state index is -0.282. The van der Waals surface area contributed by atoms with Gasteiger partial charge in [0.15, 0.2) is 5.76 Å². The first kappa shape index (κ1) is 10.8. The van der Waals surface area contributed by atoms with Gasteiger partial charge in [0.25, 0.3) is 5.91 Å². The third kappa shape index (κ3) is 2.25. The number of carbonyl (C=O) groups is 1. The molecule has 0 unspecified atom stereocenters. The fourth-order valence-corrected chi connectivity index (χ4v) is 1.49. The topological polar surface area (TPSA) is 42.2 Å². The van der Waals surface area contributed by atoms with Crippen LogP contribution in [0.1, 0.15) is 16.1 Å². The minimum Gasteiger partial charge on any atom is -0.459 e. The van der Waals surface area contributed by atoms with Crippen molar-refractivity contribution in [3.63, 3.8) is 0 Å². The molecule has 0 atom stereocenters. The number of nitrogens with one attached hydrogen (secondary N) is 1. The van der Waals surface area contributed by atoms with Crippen LogP contribution >= 0.6 is 11.6 Å². The highest BCUT2D eigenvalue weighted by Crippen LogP contribution is 2.20. The second kappa shape index (κ2) is 4.41. The van der Waals surface area contributed by atoms with E-state index < -0.39 is 0 Å². The number of furan rings is 1. The van der Waals surface area contributed by atoms with Crippen LogP contribution in [-0.2, 0) is 0 Å². The van der Waals surface area contributed by atoms with E-state index in [1.54, 1.807) is 24.3 Å². The number of hydrogen-bond donors (Lipinski definition) is 1. The lowest BCUT2D eigenvalue weighted by molar-refractivity contribution is 0.0996. The number of hydrogen-bond acceptors (Lipinski definition) is 2. The third-order valence-corrected chi connectivity index (χ3v) is 2.43. The van der Waals surface area contributed by atoms with Gasteiger partial charge in [0.1, 0.15) is 0 Å². The number of halogens is 1. The molecule has 2 rings (SSSR count). The number of aryl methyl sites for hydroxylation is 1. The molecule has 16 heavy (non-hydrogen) atoms. The number of anilines is 1. The van der Waals surface area contributed by atoms with E-state index in [1.165, 1.54) is 6.26 Å². The Balaban J connectivity index is 2.21. The first-order valence-electron chi connectivity index (χ1n) is 4.78. The van der Waals surface area contributed by atoms with Crippen molar-refractivity contribution >= 4 is 23.2 Å². The average molecular weight is 236 g/mol. The maximum absolute atomic E-state index is 11.7. The zero-order chi connectivity index (χ0) is 11.5. The lowest BCUT2D eigenvalue weighted by atomic mass is 10.2. The van der Waals surface area contributed by atoms with Gasteiger partial charge >= 0.3 is 0 Å². The molecule has 0 aliphatic carbocycles. The van der Waals surface area contributed by atoms with Crippen molar-refractivity contribution in [3.05, 3.63) is 52.9 Å². The molecule has 0 saturated heterocycles. The largest absolute Gasteiger partial charge is 0.459 e. The smallest absolute Gasteiger partial charge is 0.291 e. The summed E-state index contributed by atoms with van der Waals surface area (Å²) in [6, 6.07) is 8.60. The van der Waals surface area contributed by atoms with Gasteiger partial charge in [-0.25, -0.2) is 0 Å². The molecule has 0 saturated carbocycles. The summed E-state index contributed by atoms with van der Waals surface area (Å²) in [4.78, 5) is 11.7. The monoisotopic (exact) mass is 235 g/mol. The van der Waals surface area contributed by atoms with Crippen molar-refractivity contribution in [1.29, 1.82) is 0 Å². The first-order valence-corrected chi connectivity index (χ1v) is 5.15. The molecule has 1 aromatic heterocycles. The van der Waals surface area contributed by atoms with Gasteiger partial charge in [-0.05, 0) is 36.8 Å². The van der Waals surface area contributed by atoms with Crippen molar-refractivity contribution in [1.82, 2.24) is 0 Å². The highest BCUT2D eigenvalue weighted by molar-refractivity contribution is 6.31. The Morgan fingerprint density at radius 2 is 2.19 bits per heavy atom. The molecular formula is C12H10ClNO2. The molecule has 1 N–H and O–H groups in total. The molecule has 0 aliphatic rings. The van der Waals surface area contributed by atoms with Crippen LogP contribution in [0.3, 0.4) is 0 Å². The zero-order valence-electron chi connectivity index (χ0n) is 8.66. The minimum absolute atomic E-state index is 0.277. The van der Waals surface area contributed by atoms with E-state index in [0.717, 1.165) is 5.56 Å². The summed E-state index contributed by atoms with van der Waals surface area (Å²) in [5, 5.41) is 3.32. The molecule has 2 aromatic rings. The van der Waals surface area contributed by atoms with E-state index in [4.69, 9.17) is 16.0 Å². The second-order valence-electron chi connectivity index (χ2n) is 3.39. The maximum Gasteiger partial charge on any atom is 0.291 e. The van der Waals surface area contributed by atoms with Crippen LogP contribution in [0.25, 0.3) is 0 Å². The van der Waals surface area contributed by atoms with E-state index in [0.29, 0.717) is 10.7 Å². The van der Waals surface area contributed by atoms with Gasteiger partial charge < -0.3 is 9.73 Å². The van der Waals surface area contributed by atoms with Gasteiger partial charge in [0, 0.05) is 10.7 Å². The Labute approximate surface area is 98.0 Å². The van der Waals surface area contributed by atoms with Gasteiger partial charge in [-0.3, -0.25) is 4.79 Å². The molecule has 3 nitrogen and oxygen atoms in total. The quantitative estimate of drug-likeness (QED) is 0.866. The maximum atomic E-state index is 11.7. The normalized spacial score (nSPS) is 10.1. The van der Waals surface area contributed by atoms with Crippen LogP contribution in [-0.4, -0.2) is 5.91 Å². The van der Waals surface area contributed by atoms with Gasteiger partial charge in [-0.2, -0.15) is 0 Å². The van der Waals surface area contributed by atoms with Crippen LogP contribution in [0.5, 0.6) is 0 Å². The van der Waals surface area contributed by atoms with E-state index in [9.17, 15) is 4.79 Å². The molecule has 0 radical (unpaired) electrons. The van der Waals surface area contributed by atoms with Crippen LogP contribution in [0, 0.1) is 6.92 Å². The molecule has 4 heteroatoms. The van der Waals surface area contributed by atoms with Crippen molar-refractivity contribution in [2.24, 2.45) is 0 Å². The van der Waals surface area contributed by atoms with Gasteiger partial charge in [-0.15, -0.1) is 0 Å². The average Bonchev–Trinajstić information content (AvgIpc) is 2.76. The predicted molar refractivity (Wildman–Crippen MR) is 62.9 cm³/mol. The molecule has 82 valence electrons. The molecular weight excluding hydrogens is 226 g/mol. The molecule has 0 fully saturated rings. The summed E-state index contributed by atoms with van der Waals surface area (Å²) in [5.74, 6) is -0.00487. The van der Waals surface area contributed by atoms with Crippen molar-refractivity contribution in [2.75, 3.05) is 5.32 Å². The summed E-state index contributed by atoms with van der Waals surface area (Å²) in [5.41, 5.74) is 1.64. The predicted octanol–water partition coefficient (Wildman–Crippen LogP) is 3.49. The Bertz CT molecular complexity index is 506. The first-order chi connectivity index (χ1) is 7.66. The van der Waals surface area contributed by atoms with E-state index in [-0.39, 0.29) is 11.7 Å². The number of amides is 1. The molecule has 1 heterocycles. The molecule has 0 aliphatic heterocycles. The van der Waals surface area contributed by atoms with Crippen LogP contribution in [0.2, 0.25) is 5.02 Å². The van der Waals surface area contributed by atoms with Crippen molar-refractivity contribution < 1.29 is 9.21 Å².